The third-order valence-corrected chi connectivity index (χ3v) is 2.31. The van der Waals surface area contributed by atoms with Crippen molar-refractivity contribution in [2.75, 3.05) is 5.32 Å². The summed E-state index contributed by atoms with van der Waals surface area (Å²) in [6.07, 6.45) is -4.63. The van der Waals surface area contributed by atoms with Crippen LogP contribution in [0, 0.1) is 45.3 Å². The molecule has 8 heteroatoms. The molecule has 0 unspecified atom stereocenters. The Kier molecular flexibility index (Phi) is 4.52. The van der Waals surface area contributed by atoms with Gasteiger partial charge in [-0.3, -0.25) is 0 Å². The lowest BCUT2D eigenvalue weighted by atomic mass is 10.1. The molecule has 5 nitrogen and oxygen atoms in total. The van der Waals surface area contributed by atoms with Crippen LogP contribution >= 0.6 is 0 Å². The first-order chi connectivity index (χ1) is 9.87. The zero-order valence-electron chi connectivity index (χ0n) is 10.2. The summed E-state index contributed by atoms with van der Waals surface area (Å²) in [5.74, 6) is 0. The standard InChI is InChI=1S/C13H4F3N5/c14-13(15,16)10-2-1-8(4-17)11(3-10)21-12(7-20)9(5-18)6-19/h1-3,21H. The molecule has 0 aliphatic rings. The number of nitriles is 4. The van der Waals surface area contributed by atoms with E-state index < -0.39 is 23.0 Å². The second-order valence-corrected chi connectivity index (χ2v) is 3.58. The fourth-order valence-corrected chi connectivity index (χ4v) is 1.34. The third-order valence-electron chi connectivity index (χ3n) is 2.31. The molecule has 0 radical (unpaired) electrons. The molecule has 1 N–H and O–H groups in total. The van der Waals surface area contributed by atoms with E-state index in [2.05, 4.69) is 5.32 Å². The van der Waals surface area contributed by atoms with Crippen molar-refractivity contribution in [2.24, 2.45) is 0 Å². The molecule has 0 saturated carbocycles. The van der Waals surface area contributed by atoms with Gasteiger partial charge in [0.05, 0.1) is 16.8 Å². The summed E-state index contributed by atoms with van der Waals surface area (Å²) in [6.45, 7) is 0. The first-order valence-corrected chi connectivity index (χ1v) is 5.20. The van der Waals surface area contributed by atoms with Gasteiger partial charge in [0.2, 0.25) is 0 Å². The van der Waals surface area contributed by atoms with Gasteiger partial charge in [0.25, 0.3) is 0 Å². The Labute approximate surface area is 117 Å². The maximum absolute atomic E-state index is 12.6. The van der Waals surface area contributed by atoms with Gasteiger partial charge in [-0.05, 0) is 18.2 Å². The Balaban J connectivity index is 3.42. The maximum atomic E-state index is 12.6. The molecule has 102 valence electrons. The van der Waals surface area contributed by atoms with Crippen molar-refractivity contribution in [2.45, 2.75) is 6.18 Å². The lowest BCUT2D eigenvalue weighted by molar-refractivity contribution is -0.137. The van der Waals surface area contributed by atoms with Crippen molar-refractivity contribution in [1.29, 1.82) is 21.0 Å². The summed E-state index contributed by atoms with van der Waals surface area (Å²) >= 11 is 0. The van der Waals surface area contributed by atoms with Crippen LogP contribution in [0.2, 0.25) is 0 Å². The highest BCUT2D eigenvalue weighted by atomic mass is 19.4. The molecule has 0 amide bonds. The lowest BCUT2D eigenvalue weighted by Crippen LogP contribution is -2.08. The Bertz CT molecular complexity index is 747. The smallest absolute Gasteiger partial charge is 0.344 e. The monoisotopic (exact) mass is 287 g/mol. The molecule has 0 aromatic heterocycles. The van der Waals surface area contributed by atoms with Crippen LogP contribution in [0.15, 0.2) is 29.5 Å². The average molecular weight is 287 g/mol. The molecule has 0 aliphatic heterocycles. The van der Waals surface area contributed by atoms with Crippen LogP contribution in [0.5, 0.6) is 0 Å². The van der Waals surface area contributed by atoms with E-state index in [1.54, 1.807) is 6.07 Å². The van der Waals surface area contributed by atoms with E-state index in [0.717, 1.165) is 12.1 Å². The minimum Gasteiger partial charge on any atom is -0.344 e. The largest absolute Gasteiger partial charge is 0.416 e. The maximum Gasteiger partial charge on any atom is 0.416 e. The number of benzene rings is 1. The van der Waals surface area contributed by atoms with Crippen LogP contribution in [0.3, 0.4) is 0 Å². The van der Waals surface area contributed by atoms with E-state index in [1.165, 1.54) is 18.2 Å². The number of alkyl halides is 3. The predicted molar refractivity (Wildman–Crippen MR) is 63.6 cm³/mol. The Morgan fingerprint density at radius 2 is 1.62 bits per heavy atom. The lowest BCUT2D eigenvalue weighted by Gasteiger charge is -2.11. The Morgan fingerprint density at radius 1 is 1.00 bits per heavy atom. The van der Waals surface area contributed by atoms with Crippen LogP contribution in [-0.4, -0.2) is 0 Å². The third kappa shape index (κ3) is 3.50. The highest BCUT2D eigenvalue weighted by Crippen LogP contribution is 2.32. The van der Waals surface area contributed by atoms with Crippen LogP contribution in [0.4, 0.5) is 18.9 Å². The van der Waals surface area contributed by atoms with Crippen molar-refractivity contribution in [3.05, 3.63) is 40.6 Å². The second kappa shape index (κ2) is 6.10. The zero-order chi connectivity index (χ0) is 16.0. The zero-order valence-corrected chi connectivity index (χ0v) is 10.2. The molecule has 1 aromatic rings. The number of allylic oxidation sites excluding steroid dienone is 2. The first-order valence-electron chi connectivity index (χ1n) is 5.20. The molecular formula is C13H4F3N5. The number of hydrogen-bond acceptors (Lipinski definition) is 5. The number of halogens is 3. The van der Waals surface area contributed by atoms with Gasteiger partial charge in [0.1, 0.15) is 30.0 Å². The topological polar surface area (TPSA) is 107 Å². The summed E-state index contributed by atoms with van der Waals surface area (Å²) < 4.78 is 37.9. The summed E-state index contributed by atoms with van der Waals surface area (Å²) in [5.41, 5.74) is -2.63. The van der Waals surface area contributed by atoms with E-state index in [9.17, 15) is 13.2 Å². The fraction of sp³-hybridized carbons (Fsp3) is 0.0769. The van der Waals surface area contributed by atoms with Gasteiger partial charge in [0, 0.05) is 0 Å². The van der Waals surface area contributed by atoms with E-state index in [0.29, 0.717) is 6.07 Å². The second-order valence-electron chi connectivity index (χ2n) is 3.58. The van der Waals surface area contributed by atoms with Crippen molar-refractivity contribution in [1.82, 2.24) is 0 Å². The molecule has 0 fully saturated rings. The molecule has 0 bridgehead atoms. The molecule has 0 atom stereocenters. The number of nitrogens with one attached hydrogen (secondary N) is 1. The molecule has 0 heterocycles. The summed E-state index contributed by atoms with van der Waals surface area (Å²) in [4.78, 5) is 0. The number of hydrogen-bond donors (Lipinski definition) is 1. The highest BCUT2D eigenvalue weighted by molar-refractivity contribution is 5.65. The van der Waals surface area contributed by atoms with Gasteiger partial charge in [-0.15, -0.1) is 0 Å². The van der Waals surface area contributed by atoms with Gasteiger partial charge in [-0.25, -0.2) is 0 Å². The van der Waals surface area contributed by atoms with Crippen LogP contribution in [-0.2, 0) is 6.18 Å². The number of rotatable bonds is 2. The average Bonchev–Trinajstić information content (AvgIpc) is 2.46. The molecule has 0 saturated heterocycles. The first kappa shape index (κ1) is 15.6. The number of anilines is 1. The number of nitrogens with zero attached hydrogens (tertiary/aromatic N) is 4. The minimum absolute atomic E-state index is 0.161. The Hall–Kier alpha value is -3.49. The van der Waals surface area contributed by atoms with E-state index in [1.807, 2.05) is 0 Å². The van der Waals surface area contributed by atoms with Crippen LogP contribution < -0.4 is 5.32 Å². The van der Waals surface area contributed by atoms with E-state index in [4.69, 9.17) is 21.0 Å². The van der Waals surface area contributed by atoms with Crippen molar-refractivity contribution in [3.8, 4) is 24.3 Å². The van der Waals surface area contributed by atoms with Crippen molar-refractivity contribution >= 4 is 5.69 Å². The van der Waals surface area contributed by atoms with E-state index >= 15 is 0 Å². The van der Waals surface area contributed by atoms with Crippen molar-refractivity contribution < 1.29 is 13.2 Å². The van der Waals surface area contributed by atoms with Gasteiger partial charge in [-0.1, -0.05) is 0 Å². The van der Waals surface area contributed by atoms with Gasteiger partial charge < -0.3 is 5.32 Å². The van der Waals surface area contributed by atoms with E-state index in [-0.39, 0.29) is 11.3 Å². The highest BCUT2D eigenvalue weighted by Gasteiger charge is 2.31. The molecule has 0 aliphatic carbocycles. The van der Waals surface area contributed by atoms with Crippen molar-refractivity contribution in [3.63, 3.8) is 0 Å². The minimum atomic E-state index is -4.63. The summed E-state index contributed by atoms with van der Waals surface area (Å²) in [6, 6.07) is 8.29. The molecular weight excluding hydrogens is 283 g/mol. The van der Waals surface area contributed by atoms with Gasteiger partial charge in [-0.2, -0.15) is 34.2 Å². The Morgan fingerprint density at radius 3 is 2.05 bits per heavy atom. The molecule has 21 heavy (non-hydrogen) atoms. The van der Waals surface area contributed by atoms with Crippen LogP contribution in [0.25, 0.3) is 0 Å². The van der Waals surface area contributed by atoms with Gasteiger partial charge in [0.15, 0.2) is 5.57 Å². The van der Waals surface area contributed by atoms with Crippen LogP contribution in [0.1, 0.15) is 11.1 Å². The summed E-state index contributed by atoms with van der Waals surface area (Å²) in [7, 11) is 0. The molecule has 1 rings (SSSR count). The normalized spacial score (nSPS) is 9.48. The quantitative estimate of drug-likeness (QED) is 0.841. The fourth-order valence-electron chi connectivity index (χ4n) is 1.34. The summed E-state index contributed by atoms with van der Waals surface area (Å²) in [5, 5.41) is 37.2. The molecule has 0 spiro atoms. The SMILES string of the molecule is N#CC(C#N)=C(C#N)Nc1cc(C(F)(F)F)ccc1C#N. The van der Waals surface area contributed by atoms with Gasteiger partial charge >= 0.3 is 6.18 Å². The predicted octanol–water partition coefficient (Wildman–Crippen LogP) is 2.81. The molecule has 1 aromatic carbocycles.